The van der Waals surface area contributed by atoms with E-state index < -0.39 is 5.97 Å². The summed E-state index contributed by atoms with van der Waals surface area (Å²) in [5, 5.41) is 0. The summed E-state index contributed by atoms with van der Waals surface area (Å²) < 4.78 is 5.83. The maximum absolute atomic E-state index is 12.4. The summed E-state index contributed by atoms with van der Waals surface area (Å²) >= 11 is 2.13. The van der Waals surface area contributed by atoms with E-state index >= 15 is 0 Å². The molecule has 0 spiro atoms. The maximum atomic E-state index is 12.4. The van der Waals surface area contributed by atoms with Crippen LogP contribution in [0.15, 0.2) is 48.5 Å². The van der Waals surface area contributed by atoms with Crippen LogP contribution in [0.4, 0.5) is 0 Å². The smallest absolute Gasteiger partial charge is 0.338 e. The molecule has 2 aromatic carbocycles. The summed E-state index contributed by atoms with van der Waals surface area (Å²) in [6.07, 6.45) is 0. The molecule has 102 valence electrons. The molecule has 0 N–H and O–H groups in total. The van der Waals surface area contributed by atoms with E-state index in [1.807, 2.05) is 18.2 Å². The van der Waals surface area contributed by atoms with Crippen molar-refractivity contribution in [3.05, 3.63) is 68.8 Å². The number of hydrogen-bond acceptors (Lipinski definition) is 3. The van der Waals surface area contributed by atoms with Crippen molar-refractivity contribution < 1.29 is 14.3 Å². The fourth-order valence-corrected chi connectivity index (χ4v) is 2.44. The van der Waals surface area contributed by atoms with Gasteiger partial charge in [0.15, 0.2) is 5.78 Å². The topological polar surface area (TPSA) is 43.4 Å². The molecule has 3 nitrogen and oxygen atoms in total. The number of hydrogen-bond donors (Lipinski definition) is 0. The average molecular weight is 380 g/mol. The molecule has 0 amide bonds. The van der Waals surface area contributed by atoms with Crippen molar-refractivity contribution in [2.45, 2.75) is 6.92 Å². The number of benzene rings is 2. The summed E-state index contributed by atoms with van der Waals surface area (Å²) in [6, 6.07) is 14.0. The highest BCUT2D eigenvalue weighted by Crippen LogP contribution is 2.17. The van der Waals surface area contributed by atoms with E-state index in [1.54, 1.807) is 37.3 Å². The third kappa shape index (κ3) is 3.25. The van der Waals surface area contributed by atoms with Gasteiger partial charge in [-0.3, -0.25) is 4.79 Å². The third-order valence-electron chi connectivity index (χ3n) is 2.75. The Hall–Kier alpha value is -1.69. The summed E-state index contributed by atoms with van der Waals surface area (Å²) in [5.74, 6) is -0.508. The van der Waals surface area contributed by atoms with Gasteiger partial charge in [-0.2, -0.15) is 0 Å². The van der Waals surface area contributed by atoms with Crippen molar-refractivity contribution in [2.75, 3.05) is 6.61 Å². The molecule has 2 aromatic rings. The number of carbonyl (C=O) groups is 2. The Balaban J connectivity index is 2.34. The Morgan fingerprint density at radius 1 is 1.05 bits per heavy atom. The number of halogens is 1. The lowest BCUT2D eigenvalue weighted by Crippen LogP contribution is -2.08. The van der Waals surface area contributed by atoms with E-state index in [0.717, 1.165) is 3.57 Å². The van der Waals surface area contributed by atoms with Crippen LogP contribution < -0.4 is 0 Å². The van der Waals surface area contributed by atoms with E-state index in [0.29, 0.717) is 23.3 Å². The van der Waals surface area contributed by atoms with Crippen molar-refractivity contribution in [1.29, 1.82) is 0 Å². The molecule has 0 atom stereocenters. The molecular formula is C16H13IO3. The van der Waals surface area contributed by atoms with Gasteiger partial charge < -0.3 is 4.74 Å². The minimum absolute atomic E-state index is 0.0962. The largest absolute Gasteiger partial charge is 0.462 e. The van der Waals surface area contributed by atoms with Gasteiger partial charge in [0.25, 0.3) is 0 Å². The van der Waals surface area contributed by atoms with Crippen LogP contribution in [0.3, 0.4) is 0 Å². The Morgan fingerprint density at radius 3 is 2.45 bits per heavy atom. The van der Waals surface area contributed by atoms with Crippen molar-refractivity contribution in [3.63, 3.8) is 0 Å². The summed E-state index contributed by atoms with van der Waals surface area (Å²) in [4.78, 5) is 24.1. The zero-order valence-corrected chi connectivity index (χ0v) is 13.1. The van der Waals surface area contributed by atoms with Gasteiger partial charge in [0.2, 0.25) is 0 Å². The first-order chi connectivity index (χ1) is 9.63. The van der Waals surface area contributed by atoms with Gasteiger partial charge in [-0.25, -0.2) is 4.79 Å². The number of ether oxygens (including phenoxy) is 1. The number of esters is 1. The molecule has 0 radical (unpaired) electrons. The molecule has 0 aromatic heterocycles. The van der Waals surface area contributed by atoms with E-state index in [9.17, 15) is 9.59 Å². The van der Waals surface area contributed by atoms with Crippen LogP contribution in [-0.2, 0) is 4.74 Å². The fraction of sp³-hybridized carbons (Fsp3) is 0.125. The molecule has 0 aliphatic rings. The molecule has 0 heterocycles. The minimum atomic E-state index is -0.412. The summed E-state index contributed by atoms with van der Waals surface area (Å²) in [7, 11) is 0. The number of rotatable bonds is 4. The lowest BCUT2D eigenvalue weighted by molar-refractivity contribution is 0.0526. The van der Waals surface area contributed by atoms with Gasteiger partial charge in [-0.1, -0.05) is 24.3 Å². The van der Waals surface area contributed by atoms with Crippen LogP contribution in [0.25, 0.3) is 0 Å². The molecule has 0 saturated heterocycles. The second-order valence-corrected chi connectivity index (χ2v) is 5.27. The van der Waals surface area contributed by atoms with Gasteiger partial charge in [0.1, 0.15) is 0 Å². The first-order valence-electron chi connectivity index (χ1n) is 6.20. The highest BCUT2D eigenvalue weighted by molar-refractivity contribution is 14.1. The molecule has 0 saturated carbocycles. The van der Waals surface area contributed by atoms with Gasteiger partial charge in [0.05, 0.1) is 12.2 Å². The lowest BCUT2D eigenvalue weighted by Gasteiger charge is -2.06. The van der Waals surface area contributed by atoms with Gasteiger partial charge in [-0.05, 0) is 53.8 Å². The average Bonchev–Trinajstić information content (AvgIpc) is 2.47. The van der Waals surface area contributed by atoms with Gasteiger partial charge in [-0.15, -0.1) is 0 Å². The molecule has 0 aliphatic heterocycles. The quantitative estimate of drug-likeness (QED) is 0.462. The van der Waals surface area contributed by atoms with Crippen LogP contribution in [0, 0.1) is 3.57 Å². The highest BCUT2D eigenvalue weighted by atomic mass is 127. The van der Waals surface area contributed by atoms with Crippen LogP contribution in [-0.4, -0.2) is 18.4 Å². The number of carbonyl (C=O) groups excluding carboxylic acids is 2. The molecule has 0 unspecified atom stereocenters. The first-order valence-corrected chi connectivity index (χ1v) is 7.27. The third-order valence-corrected chi connectivity index (χ3v) is 3.70. The maximum Gasteiger partial charge on any atom is 0.338 e. The van der Waals surface area contributed by atoms with Crippen molar-refractivity contribution in [2.24, 2.45) is 0 Å². The Labute approximate surface area is 131 Å². The van der Waals surface area contributed by atoms with Crippen molar-refractivity contribution in [3.8, 4) is 0 Å². The molecular weight excluding hydrogens is 367 g/mol. The minimum Gasteiger partial charge on any atom is -0.462 e. The molecule has 0 bridgehead atoms. The van der Waals surface area contributed by atoms with E-state index in [4.69, 9.17) is 4.74 Å². The lowest BCUT2D eigenvalue weighted by atomic mass is 10.0. The molecule has 4 heteroatoms. The van der Waals surface area contributed by atoms with Crippen molar-refractivity contribution >= 4 is 34.3 Å². The second kappa shape index (κ2) is 6.65. The Kier molecular flexibility index (Phi) is 4.89. The Morgan fingerprint density at radius 2 is 1.75 bits per heavy atom. The second-order valence-electron chi connectivity index (χ2n) is 4.11. The summed E-state index contributed by atoms with van der Waals surface area (Å²) in [6.45, 7) is 2.06. The molecule has 2 rings (SSSR count). The molecule has 0 aliphatic carbocycles. The zero-order valence-electron chi connectivity index (χ0n) is 10.9. The highest BCUT2D eigenvalue weighted by Gasteiger charge is 2.14. The molecule has 20 heavy (non-hydrogen) atoms. The van der Waals surface area contributed by atoms with Crippen molar-refractivity contribution in [1.82, 2.24) is 0 Å². The normalized spacial score (nSPS) is 10.1. The van der Waals surface area contributed by atoms with E-state index in [2.05, 4.69) is 22.6 Å². The molecule has 0 fully saturated rings. The SMILES string of the molecule is CCOC(=O)c1cccc(C(=O)c2ccccc2I)c1. The van der Waals surface area contributed by atoms with Crippen LogP contribution in [0.5, 0.6) is 0 Å². The number of ketones is 1. The van der Waals surface area contributed by atoms with E-state index in [1.165, 1.54) is 0 Å². The van der Waals surface area contributed by atoms with Crippen LogP contribution >= 0.6 is 22.6 Å². The predicted molar refractivity (Wildman–Crippen MR) is 85.0 cm³/mol. The fourth-order valence-electron chi connectivity index (χ4n) is 1.80. The van der Waals surface area contributed by atoms with Crippen LogP contribution in [0.2, 0.25) is 0 Å². The van der Waals surface area contributed by atoms with E-state index in [-0.39, 0.29) is 5.78 Å². The monoisotopic (exact) mass is 380 g/mol. The van der Waals surface area contributed by atoms with Crippen LogP contribution in [0.1, 0.15) is 33.2 Å². The predicted octanol–water partition coefficient (Wildman–Crippen LogP) is 3.70. The standard InChI is InChI=1S/C16H13IO3/c1-2-20-16(19)12-7-5-6-11(10-12)15(18)13-8-3-4-9-14(13)17/h3-10H,2H2,1H3. The first kappa shape index (κ1) is 14.7. The zero-order chi connectivity index (χ0) is 14.5. The Bertz CT molecular complexity index is 650. The van der Waals surface area contributed by atoms with Gasteiger partial charge >= 0.3 is 5.97 Å². The van der Waals surface area contributed by atoms with Gasteiger partial charge in [0, 0.05) is 14.7 Å². The summed E-state index contributed by atoms with van der Waals surface area (Å²) in [5.41, 5.74) is 1.51.